The summed E-state index contributed by atoms with van der Waals surface area (Å²) in [4.78, 5) is 0.670. The van der Waals surface area contributed by atoms with E-state index in [-0.39, 0.29) is 0 Å². The summed E-state index contributed by atoms with van der Waals surface area (Å²) in [5, 5.41) is 9.43. The molecule has 3 rings (SSSR count). The summed E-state index contributed by atoms with van der Waals surface area (Å²) in [6.45, 7) is 3.10. The van der Waals surface area contributed by atoms with E-state index in [1.807, 2.05) is 61.5 Å². The molecule has 5 nitrogen and oxygen atoms in total. The molecule has 0 spiro atoms. The van der Waals surface area contributed by atoms with Gasteiger partial charge < -0.3 is 9.47 Å². The predicted molar refractivity (Wildman–Crippen MR) is 104 cm³/mol. The maximum atomic E-state index is 12.4. The van der Waals surface area contributed by atoms with Gasteiger partial charge in [0.15, 0.2) is 5.79 Å². The monoisotopic (exact) mass is 384 g/mol. The first-order valence-corrected chi connectivity index (χ1v) is 10.3. The van der Waals surface area contributed by atoms with Gasteiger partial charge in [-0.2, -0.15) is 5.26 Å². The molecule has 0 saturated carbocycles. The van der Waals surface area contributed by atoms with Crippen molar-refractivity contribution >= 4 is 11.0 Å². The Morgan fingerprint density at radius 3 is 2.44 bits per heavy atom. The maximum Gasteiger partial charge on any atom is 0.194 e. The number of nitrogens with one attached hydrogen (secondary N) is 1. The molecule has 6 heteroatoms. The average molecular weight is 385 g/mol. The molecule has 1 heterocycles. The Balaban J connectivity index is 1.57. The summed E-state index contributed by atoms with van der Waals surface area (Å²) in [5.41, 5.74) is 2.10. The van der Waals surface area contributed by atoms with Crippen LogP contribution in [0.25, 0.3) is 0 Å². The Morgan fingerprint density at radius 1 is 1.15 bits per heavy atom. The van der Waals surface area contributed by atoms with E-state index < -0.39 is 22.8 Å². The lowest BCUT2D eigenvalue weighted by molar-refractivity contribution is -0.171. The second-order valence-electron chi connectivity index (χ2n) is 6.59. The zero-order chi connectivity index (χ0) is 19.1. The molecule has 0 radical (unpaired) electrons. The largest absolute Gasteiger partial charge is 0.343 e. The van der Waals surface area contributed by atoms with Gasteiger partial charge in [0.2, 0.25) is 0 Å². The van der Waals surface area contributed by atoms with Crippen molar-refractivity contribution < 1.29 is 13.7 Å². The topological polar surface area (TPSA) is 71.4 Å². The highest BCUT2D eigenvalue weighted by Gasteiger charge is 2.38. The number of ether oxygens (including phenoxy) is 2. The molecular weight excluding hydrogens is 360 g/mol. The van der Waals surface area contributed by atoms with Gasteiger partial charge >= 0.3 is 0 Å². The summed E-state index contributed by atoms with van der Waals surface area (Å²) >= 11 is 0. The highest BCUT2D eigenvalue weighted by Crippen LogP contribution is 2.36. The fraction of sp³-hybridized carbons (Fsp3) is 0.381. The number of aryl methyl sites for hydroxylation is 1. The summed E-state index contributed by atoms with van der Waals surface area (Å²) < 4.78 is 27.2. The Labute approximate surface area is 162 Å². The van der Waals surface area contributed by atoms with Crippen LogP contribution in [0.15, 0.2) is 59.5 Å². The Hall–Kier alpha value is -2.04. The molecule has 0 aromatic heterocycles. The first-order chi connectivity index (χ1) is 13.1. The molecule has 27 heavy (non-hydrogen) atoms. The molecule has 142 valence electrons. The molecule has 1 saturated heterocycles. The number of nitrogens with zero attached hydrogens (tertiary/aromatic N) is 1. The molecule has 1 unspecified atom stereocenters. The highest BCUT2D eigenvalue weighted by molar-refractivity contribution is 7.83. The Bertz CT molecular complexity index is 796. The van der Waals surface area contributed by atoms with E-state index in [9.17, 15) is 9.47 Å². The fourth-order valence-electron chi connectivity index (χ4n) is 3.15. The third-order valence-electron chi connectivity index (χ3n) is 4.61. The van der Waals surface area contributed by atoms with Gasteiger partial charge in [0.25, 0.3) is 0 Å². The van der Waals surface area contributed by atoms with Crippen LogP contribution in [-0.2, 0) is 26.2 Å². The van der Waals surface area contributed by atoms with Crippen LogP contribution in [0.4, 0.5) is 0 Å². The molecule has 0 bridgehead atoms. The van der Waals surface area contributed by atoms with E-state index in [2.05, 4.69) is 10.8 Å². The maximum absolute atomic E-state index is 12.4. The molecule has 2 aromatic rings. The smallest absolute Gasteiger partial charge is 0.194 e. The van der Waals surface area contributed by atoms with Crippen LogP contribution in [0.1, 0.15) is 30.4 Å². The normalized spacial score (nSPS) is 17.9. The van der Waals surface area contributed by atoms with Crippen molar-refractivity contribution in [3.63, 3.8) is 0 Å². The lowest BCUT2D eigenvalue weighted by Crippen LogP contribution is -2.31. The third-order valence-corrected chi connectivity index (χ3v) is 5.81. The number of nitriles is 1. The number of benzene rings is 2. The SMILES string of the molecule is Cc1ccc(S(=O)N[C@H](C#N)CCCC2(c3ccccc3)OCCO2)cc1. The molecule has 1 aliphatic heterocycles. The lowest BCUT2D eigenvalue weighted by Gasteiger charge is -2.28. The summed E-state index contributed by atoms with van der Waals surface area (Å²) in [6.07, 6.45) is 1.93. The molecular formula is C21H24N2O3S. The van der Waals surface area contributed by atoms with E-state index in [4.69, 9.17) is 9.47 Å². The number of hydrogen-bond donors (Lipinski definition) is 1. The van der Waals surface area contributed by atoms with Gasteiger partial charge in [-0.1, -0.05) is 48.0 Å². The van der Waals surface area contributed by atoms with Crippen LogP contribution in [0.5, 0.6) is 0 Å². The zero-order valence-corrected chi connectivity index (χ0v) is 16.2. The van der Waals surface area contributed by atoms with Crippen LogP contribution < -0.4 is 4.72 Å². The van der Waals surface area contributed by atoms with Crippen molar-refractivity contribution in [3.05, 3.63) is 65.7 Å². The number of rotatable bonds is 8. The van der Waals surface area contributed by atoms with Gasteiger partial charge in [0.1, 0.15) is 17.0 Å². The van der Waals surface area contributed by atoms with E-state index in [0.717, 1.165) is 11.1 Å². The zero-order valence-electron chi connectivity index (χ0n) is 15.4. The van der Waals surface area contributed by atoms with Crippen molar-refractivity contribution in [2.24, 2.45) is 0 Å². The molecule has 0 aliphatic carbocycles. The third kappa shape index (κ3) is 5.02. The minimum Gasteiger partial charge on any atom is -0.343 e. The summed E-state index contributed by atoms with van der Waals surface area (Å²) in [5.74, 6) is -0.739. The number of hydrogen-bond acceptors (Lipinski definition) is 4. The van der Waals surface area contributed by atoms with Crippen molar-refractivity contribution in [3.8, 4) is 6.07 Å². The minimum absolute atomic E-state index is 0.499. The van der Waals surface area contributed by atoms with Crippen molar-refractivity contribution in [2.75, 3.05) is 13.2 Å². The predicted octanol–water partition coefficient (Wildman–Crippen LogP) is 3.57. The fourth-order valence-corrected chi connectivity index (χ4v) is 4.10. The summed E-state index contributed by atoms with van der Waals surface area (Å²) in [6, 6.07) is 19.0. The van der Waals surface area contributed by atoms with E-state index in [1.54, 1.807) is 0 Å². The first-order valence-electron chi connectivity index (χ1n) is 9.11. The van der Waals surface area contributed by atoms with E-state index >= 15 is 0 Å². The van der Waals surface area contributed by atoms with Crippen LogP contribution in [-0.4, -0.2) is 23.5 Å². The first kappa shape index (κ1) is 19.7. The average Bonchev–Trinajstić information content (AvgIpc) is 3.18. The van der Waals surface area contributed by atoms with Gasteiger partial charge in [-0.3, -0.25) is 0 Å². The van der Waals surface area contributed by atoms with Crippen molar-refractivity contribution in [1.29, 1.82) is 5.26 Å². The van der Waals surface area contributed by atoms with Gasteiger partial charge in [-0.25, -0.2) is 8.93 Å². The second kappa shape index (κ2) is 9.25. The second-order valence-corrected chi connectivity index (χ2v) is 7.83. The standard InChI is InChI=1S/C21H24N2O3S/c1-17-9-11-20(12-10-17)27(24)23-19(16-22)8-5-13-21(25-14-15-26-21)18-6-3-2-4-7-18/h2-4,6-7,9-12,19,23H,5,8,13-15H2,1H3/t19-,27?/m0/s1. The van der Waals surface area contributed by atoms with Crippen LogP contribution >= 0.6 is 0 Å². The quantitative estimate of drug-likeness (QED) is 0.755. The Kier molecular flexibility index (Phi) is 6.75. The van der Waals surface area contributed by atoms with Crippen LogP contribution in [0, 0.1) is 18.3 Å². The van der Waals surface area contributed by atoms with E-state index in [1.165, 1.54) is 0 Å². The molecule has 2 aromatic carbocycles. The van der Waals surface area contributed by atoms with Gasteiger partial charge in [-0.05, 0) is 31.9 Å². The van der Waals surface area contributed by atoms with Crippen molar-refractivity contribution in [2.45, 2.75) is 42.9 Å². The lowest BCUT2D eigenvalue weighted by atomic mass is 9.98. The molecule has 2 atom stereocenters. The molecule has 1 aliphatic rings. The Morgan fingerprint density at radius 2 is 1.81 bits per heavy atom. The summed E-state index contributed by atoms with van der Waals surface area (Å²) in [7, 11) is -1.41. The minimum atomic E-state index is -1.41. The highest BCUT2D eigenvalue weighted by atomic mass is 32.2. The molecule has 0 amide bonds. The van der Waals surface area contributed by atoms with Crippen LogP contribution in [0.2, 0.25) is 0 Å². The van der Waals surface area contributed by atoms with Crippen LogP contribution in [0.3, 0.4) is 0 Å². The molecule has 1 N–H and O–H groups in total. The van der Waals surface area contributed by atoms with Gasteiger partial charge in [-0.15, -0.1) is 0 Å². The van der Waals surface area contributed by atoms with E-state index in [0.29, 0.717) is 37.4 Å². The molecule has 1 fully saturated rings. The van der Waals surface area contributed by atoms with Gasteiger partial charge in [0, 0.05) is 12.0 Å². The van der Waals surface area contributed by atoms with Gasteiger partial charge in [0.05, 0.1) is 24.2 Å². The van der Waals surface area contributed by atoms with Crippen molar-refractivity contribution in [1.82, 2.24) is 4.72 Å².